The first kappa shape index (κ1) is 10.8. The summed E-state index contributed by atoms with van der Waals surface area (Å²) < 4.78 is 1.94. The van der Waals surface area contributed by atoms with Gasteiger partial charge < -0.3 is 5.73 Å². The van der Waals surface area contributed by atoms with E-state index in [4.69, 9.17) is 5.73 Å². The first-order valence-electron chi connectivity index (χ1n) is 5.36. The molecule has 2 heterocycles. The van der Waals surface area contributed by atoms with E-state index in [1.54, 1.807) is 18.6 Å². The van der Waals surface area contributed by atoms with Crippen molar-refractivity contribution in [3.8, 4) is 0 Å². The second-order valence-electron chi connectivity index (χ2n) is 3.63. The average Bonchev–Trinajstić information content (AvgIpc) is 2.78. The number of rotatable bonds is 4. The number of nitrogens with two attached hydrogens (primary N) is 1. The molecule has 2 rings (SSSR count). The summed E-state index contributed by atoms with van der Waals surface area (Å²) in [7, 11) is 0. The Morgan fingerprint density at radius 1 is 1.31 bits per heavy atom. The third-order valence-electron chi connectivity index (χ3n) is 2.47. The number of hydrogen-bond donors (Lipinski definition) is 1. The Kier molecular flexibility index (Phi) is 3.26. The minimum absolute atomic E-state index is 0.190. The summed E-state index contributed by atoms with van der Waals surface area (Å²) in [5, 5.41) is 11.8. The van der Waals surface area contributed by atoms with Crippen LogP contribution in [-0.4, -0.2) is 20.0 Å². The highest BCUT2D eigenvalue weighted by Crippen LogP contribution is 2.17. The Bertz CT molecular complexity index is 437. The van der Waals surface area contributed by atoms with E-state index in [0.717, 1.165) is 24.2 Å². The van der Waals surface area contributed by atoms with Crippen molar-refractivity contribution >= 4 is 0 Å². The minimum Gasteiger partial charge on any atom is -0.319 e. The third-order valence-corrected chi connectivity index (χ3v) is 2.47. The van der Waals surface area contributed by atoms with Crippen LogP contribution in [0.15, 0.2) is 30.7 Å². The number of hydrogen-bond acceptors (Lipinski definition) is 4. The summed E-state index contributed by atoms with van der Waals surface area (Å²) in [4.78, 5) is 0. The Hall–Kier alpha value is -1.75. The van der Waals surface area contributed by atoms with Gasteiger partial charge in [0.2, 0.25) is 0 Å². The zero-order chi connectivity index (χ0) is 11.4. The molecule has 0 spiro atoms. The lowest BCUT2D eigenvalue weighted by Gasteiger charge is -2.13. The quantitative estimate of drug-likeness (QED) is 0.833. The lowest BCUT2D eigenvalue weighted by atomic mass is 10.1. The highest BCUT2D eigenvalue weighted by atomic mass is 15.3. The first-order chi connectivity index (χ1) is 7.83. The van der Waals surface area contributed by atoms with Gasteiger partial charge in [0, 0.05) is 18.9 Å². The molecular formula is C11H15N5. The summed E-state index contributed by atoms with van der Waals surface area (Å²) in [6, 6.07) is 3.63. The van der Waals surface area contributed by atoms with E-state index in [1.165, 1.54) is 0 Å². The van der Waals surface area contributed by atoms with Gasteiger partial charge in [0.25, 0.3) is 0 Å². The Morgan fingerprint density at radius 2 is 2.19 bits per heavy atom. The number of aryl methyl sites for hydroxylation is 1. The molecule has 0 aliphatic heterocycles. The lowest BCUT2D eigenvalue weighted by molar-refractivity contribution is 0.559. The second kappa shape index (κ2) is 4.85. The van der Waals surface area contributed by atoms with Crippen LogP contribution in [-0.2, 0) is 6.54 Å². The minimum atomic E-state index is -0.190. The van der Waals surface area contributed by atoms with Crippen molar-refractivity contribution in [3.63, 3.8) is 0 Å². The van der Waals surface area contributed by atoms with Crippen LogP contribution in [0.1, 0.15) is 30.6 Å². The van der Waals surface area contributed by atoms with Crippen LogP contribution < -0.4 is 5.73 Å². The van der Waals surface area contributed by atoms with Crippen molar-refractivity contribution < 1.29 is 0 Å². The fraction of sp³-hybridized carbons (Fsp3) is 0.364. The van der Waals surface area contributed by atoms with Gasteiger partial charge in [0.05, 0.1) is 17.9 Å². The molecule has 1 unspecified atom stereocenters. The summed E-state index contributed by atoms with van der Waals surface area (Å²) in [5.74, 6) is 0. The predicted molar refractivity (Wildman–Crippen MR) is 60.6 cm³/mol. The molecule has 0 radical (unpaired) electrons. The second-order valence-corrected chi connectivity index (χ2v) is 3.63. The van der Waals surface area contributed by atoms with E-state index in [9.17, 15) is 0 Å². The number of nitrogens with zero attached hydrogens (tertiary/aromatic N) is 4. The zero-order valence-corrected chi connectivity index (χ0v) is 9.24. The Labute approximate surface area is 94.3 Å². The molecule has 2 aromatic rings. The van der Waals surface area contributed by atoms with Crippen LogP contribution >= 0.6 is 0 Å². The smallest absolute Gasteiger partial charge is 0.0739 e. The van der Waals surface area contributed by atoms with Crippen LogP contribution in [0, 0.1) is 0 Å². The van der Waals surface area contributed by atoms with Crippen molar-refractivity contribution in [1.29, 1.82) is 0 Å². The van der Waals surface area contributed by atoms with E-state index >= 15 is 0 Å². The van der Waals surface area contributed by atoms with Crippen molar-refractivity contribution in [3.05, 3.63) is 42.0 Å². The van der Waals surface area contributed by atoms with Crippen LogP contribution in [0.25, 0.3) is 0 Å². The fourth-order valence-corrected chi connectivity index (χ4v) is 1.66. The summed E-state index contributed by atoms with van der Waals surface area (Å²) in [6.45, 7) is 3.00. The monoisotopic (exact) mass is 217 g/mol. The van der Waals surface area contributed by atoms with Gasteiger partial charge >= 0.3 is 0 Å². The van der Waals surface area contributed by atoms with E-state index in [0.29, 0.717) is 0 Å². The van der Waals surface area contributed by atoms with Crippen molar-refractivity contribution in [2.45, 2.75) is 25.9 Å². The van der Waals surface area contributed by atoms with E-state index in [2.05, 4.69) is 22.2 Å². The molecule has 0 amide bonds. The van der Waals surface area contributed by atoms with Gasteiger partial charge in [-0.25, -0.2) is 0 Å². The van der Waals surface area contributed by atoms with Gasteiger partial charge in [0.1, 0.15) is 0 Å². The van der Waals surface area contributed by atoms with Gasteiger partial charge in [0.15, 0.2) is 0 Å². The van der Waals surface area contributed by atoms with Gasteiger partial charge in [-0.3, -0.25) is 4.68 Å². The highest BCUT2D eigenvalue weighted by Gasteiger charge is 2.13. The summed E-state index contributed by atoms with van der Waals surface area (Å²) in [6.07, 6.45) is 6.15. The molecule has 2 N–H and O–H groups in total. The molecule has 1 atom stereocenters. The zero-order valence-electron chi connectivity index (χ0n) is 9.24. The van der Waals surface area contributed by atoms with Crippen LogP contribution in [0.5, 0.6) is 0 Å². The molecule has 2 aromatic heterocycles. The van der Waals surface area contributed by atoms with Crippen LogP contribution in [0.3, 0.4) is 0 Å². The van der Waals surface area contributed by atoms with Crippen molar-refractivity contribution in [2.75, 3.05) is 0 Å². The average molecular weight is 217 g/mol. The van der Waals surface area contributed by atoms with Crippen molar-refractivity contribution in [2.24, 2.45) is 5.73 Å². The van der Waals surface area contributed by atoms with Crippen molar-refractivity contribution in [1.82, 2.24) is 20.0 Å². The van der Waals surface area contributed by atoms with Gasteiger partial charge in [-0.15, -0.1) is 0 Å². The SMILES string of the molecule is CCCn1nccc1C(N)c1ccnnc1. The normalized spacial score (nSPS) is 12.6. The molecule has 0 aromatic carbocycles. The Morgan fingerprint density at radius 3 is 2.88 bits per heavy atom. The summed E-state index contributed by atoms with van der Waals surface area (Å²) in [5.41, 5.74) is 8.12. The maximum absolute atomic E-state index is 6.16. The molecule has 84 valence electrons. The highest BCUT2D eigenvalue weighted by molar-refractivity contribution is 5.23. The largest absolute Gasteiger partial charge is 0.319 e. The molecule has 5 heteroatoms. The maximum Gasteiger partial charge on any atom is 0.0739 e. The molecule has 0 aliphatic carbocycles. The molecule has 0 fully saturated rings. The molecule has 0 saturated carbocycles. The first-order valence-corrected chi connectivity index (χ1v) is 5.36. The topological polar surface area (TPSA) is 69.6 Å². The van der Waals surface area contributed by atoms with Gasteiger partial charge in [-0.2, -0.15) is 15.3 Å². The fourth-order valence-electron chi connectivity index (χ4n) is 1.66. The molecular weight excluding hydrogens is 202 g/mol. The number of aromatic nitrogens is 4. The lowest BCUT2D eigenvalue weighted by Crippen LogP contribution is -2.17. The third kappa shape index (κ3) is 2.09. The van der Waals surface area contributed by atoms with E-state index in [1.807, 2.05) is 16.8 Å². The van der Waals surface area contributed by atoms with Crippen LogP contribution in [0.4, 0.5) is 0 Å². The van der Waals surface area contributed by atoms with Gasteiger partial charge in [-0.1, -0.05) is 6.92 Å². The molecule has 5 nitrogen and oxygen atoms in total. The molecule has 0 saturated heterocycles. The van der Waals surface area contributed by atoms with Gasteiger partial charge in [-0.05, 0) is 24.1 Å². The maximum atomic E-state index is 6.16. The Balaban J connectivity index is 2.27. The van der Waals surface area contributed by atoms with E-state index < -0.39 is 0 Å². The standard InChI is InChI=1S/C11H15N5/c1-2-7-16-10(4-6-15-16)11(12)9-3-5-13-14-8-9/h3-6,8,11H,2,7,12H2,1H3. The molecule has 0 bridgehead atoms. The predicted octanol–water partition coefficient (Wildman–Crippen LogP) is 1.13. The van der Waals surface area contributed by atoms with Crippen LogP contribution in [0.2, 0.25) is 0 Å². The van der Waals surface area contributed by atoms with E-state index in [-0.39, 0.29) is 6.04 Å². The molecule has 0 aliphatic rings. The summed E-state index contributed by atoms with van der Waals surface area (Å²) >= 11 is 0. The molecule has 16 heavy (non-hydrogen) atoms.